The second kappa shape index (κ2) is 6.04. The van der Waals surface area contributed by atoms with Crippen molar-refractivity contribution in [3.8, 4) is 0 Å². The van der Waals surface area contributed by atoms with Gasteiger partial charge in [0.25, 0.3) is 0 Å². The Bertz CT molecular complexity index is 559. The molecule has 4 nitrogen and oxygen atoms in total. The van der Waals surface area contributed by atoms with Crippen molar-refractivity contribution in [3.05, 3.63) is 45.5 Å². The zero-order chi connectivity index (χ0) is 13.8. The molecule has 2 aromatic rings. The third kappa shape index (κ3) is 2.88. The first-order chi connectivity index (χ1) is 9.19. The molecule has 0 spiro atoms. The summed E-state index contributed by atoms with van der Waals surface area (Å²) in [6.07, 6.45) is 1.02. The molecule has 1 atom stereocenters. The third-order valence-corrected chi connectivity index (χ3v) is 4.20. The van der Waals surface area contributed by atoms with Crippen LogP contribution in [0.5, 0.6) is 0 Å². The summed E-state index contributed by atoms with van der Waals surface area (Å²) in [5.74, 6) is 0.485. The van der Waals surface area contributed by atoms with Crippen LogP contribution in [0.1, 0.15) is 39.0 Å². The Hall–Kier alpha value is -1.59. The minimum Gasteiger partial charge on any atom is -0.463 e. The lowest BCUT2D eigenvalue weighted by Gasteiger charge is -2.11. The molecule has 0 saturated heterocycles. The van der Waals surface area contributed by atoms with Crippen LogP contribution in [-0.4, -0.2) is 20.1 Å². The Morgan fingerprint density at radius 1 is 1.42 bits per heavy atom. The first-order valence-electron chi connectivity index (χ1n) is 6.13. The Balaban J connectivity index is 2.26. The van der Waals surface area contributed by atoms with Gasteiger partial charge in [0.2, 0.25) is 5.76 Å². The number of nitrogens with one attached hydrogen (secondary N) is 1. The van der Waals surface area contributed by atoms with Gasteiger partial charge in [0, 0.05) is 9.75 Å². The Labute approximate surface area is 116 Å². The van der Waals surface area contributed by atoms with Gasteiger partial charge in [-0.05, 0) is 37.7 Å². The smallest absolute Gasteiger partial charge is 0.373 e. The van der Waals surface area contributed by atoms with E-state index in [9.17, 15) is 4.79 Å². The number of rotatable bonds is 5. The number of furan rings is 1. The molecule has 0 bridgehead atoms. The van der Waals surface area contributed by atoms with E-state index < -0.39 is 5.97 Å². The van der Waals surface area contributed by atoms with Crippen molar-refractivity contribution < 1.29 is 13.9 Å². The quantitative estimate of drug-likeness (QED) is 0.855. The molecule has 0 aliphatic rings. The fraction of sp³-hybridized carbons (Fsp3) is 0.357. The van der Waals surface area contributed by atoms with Crippen molar-refractivity contribution in [1.82, 2.24) is 5.32 Å². The van der Waals surface area contributed by atoms with Gasteiger partial charge in [-0.2, -0.15) is 0 Å². The summed E-state index contributed by atoms with van der Waals surface area (Å²) in [6.45, 7) is 2.13. The largest absolute Gasteiger partial charge is 0.463 e. The molecule has 19 heavy (non-hydrogen) atoms. The lowest BCUT2D eigenvalue weighted by atomic mass is 10.2. The maximum Gasteiger partial charge on any atom is 0.373 e. The first kappa shape index (κ1) is 13.8. The summed E-state index contributed by atoms with van der Waals surface area (Å²) in [4.78, 5) is 13.9. The van der Waals surface area contributed by atoms with Gasteiger partial charge in [-0.3, -0.25) is 0 Å². The summed E-state index contributed by atoms with van der Waals surface area (Å²) in [5, 5.41) is 3.21. The van der Waals surface area contributed by atoms with Crippen LogP contribution in [0.3, 0.4) is 0 Å². The molecule has 102 valence electrons. The number of carbonyl (C=O) groups is 1. The average molecular weight is 279 g/mol. The van der Waals surface area contributed by atoms with Gasteiger partial charge in [0.15, 0.2) is 0 Å². The molecule has 0 saturated carbocycles. The molecule has 5 heteroatoms. The van der Waals surface area contributed by atoms with Gasteiger partial charge in [-0.25, -0.2) is 4.79 Å². The predicted octanol–water partition coefficient (Wildman–Crippen LogP) is 3.00. The average Bonchev–Trinajstić information content (AvgIpc) is 3.08. The minimum atomic E-state index is -0.457. The molecule has 0 radical (unpaired) electrons. The molecular formula is C14H17NO3S. The molecule has 2 heterocycles. The van der Waals surface area contributed by atoms with E-state index >= 15 is 0 Å². The van der Waals surface area contributed by atoms with Crippen molar-refractivity contribution in [3.63, 3.8) is 0 Å². The van der Waals surface area contributed by atoms with Crippen LogP contribution < -0.4 is 5.32 Å². The molecular weight excluding hydrogens is 262 g/mol. The minimum absolute atomic E-state index is 0.0382. The van der Waals surface area contributed by atoms with Gasteiger partial charge < -0.3 is 14.5 Å². The molecule has 0 amide bonds. The van der Waals surface area contributed by atoms with Gasteiger partial charge in [-0.1, -0.05) is 6.92 Å². The number of methoxy groups -OCH3 is 1. The molecule has 1 unspecified atom stereocenters. The summed E-state index contributed by atoms with van der Waals surface area (Å²) < 4.78 is 10.2. The highest BCUT2D eigenvalue weighted by Gasteiger charge is 2.20. The Morgan fingerprint density at radius 2 is 2.21 bits per heavy atom. The maximum absolute atomic E-state index is 11.4. The number of ether oxygens (including phenoxy) is 1. The standard InChI is InChI=1S/C14H17NO3S/c1-4-9-5-8-12(19-9)13(15-2)10-6-7-11(18-10)14(16)17-3/h5-8,13,15H,4H2,1-3H3. The fourth-order valence-corrected chi connectivity index (χ4v) is 2.95. The van der Waals surface area contributed by atoms with Gasteiger partial charge in [0.05, 0.1) is 7.11 Å². The van der Waals surface area contributed by atoms with E-state index in [1.54, 1.807) is 23.5 Å². The maximum atomic E-state index is 11.4. The molecule has 2 rings (SSSR count). The summed E-state index contributed by atoms with van der Waals surface area (Å²) in [6, 6.07) is 7.61. The SMILES string of the molecule is CCc1ccc(C(NC)c2ccc(C(=O)OC)o2)s1. The molecule has 0 aliphatic carbocycles. The van der Waals surface area contributed by atoms with Gasteiger partial charge in [0.1, 0.15) is 11.8 Å². The Morgan fingerprint density at radius 3 is 2.79 bits per heavy atom. The lowest BCUT2D eigenvalue weighted by molar-refractivity contribution is 0.0562. The summed E-state index contributed by atoms with van der Waals surface area (Å²) >= 11 is 1.75. The Kier molecular flexibility index (Phi) is 4.39. The van der Waals surface area contributed by atoms with Crippen molar-refractivity contribution in [2.45, 2.75) is 19.4 Å². The normalized spacial score (nSPS) is 12.4. The first-order valence-corrected chi connectivity index (χ1v) is 6.95. The zero-order valence-electron chi connectivity index (χ0n) is 11.2. The number of hydrogen-bond acceptors (Lipinski definition) is 5. The number of thiophene rings is 1. The van der Waals surface area contributed by atoms with E-state index in [1.807, 2.05) is 7.05 Å². The monoisotopic (exact) mass is 279 g/mol. The lowest BCUT2D eigenvalue weighted by Crippen LogP contribution is -2.15. The van der Waals surface area contributed by atoms with E-state index in [4.69, 9.17) is 4.42 Å². The van der Waals surface area contributed by atoms with E-state index in [0.29, 0.717) is 5.76 Å². The zero-order valence-corrected chi connectivity index (χ0v) is 12.0. The number of hydrogen-bond donors (Lipinski definition) is 1. The second-order valence-corrected chi connectivity index (χ2v) is 5.27. The topological polar surface area (TPSA) is 51.5 Å². The van der Waals surface area contributed by atoms with Crippen LogP contribution in [-0.2, 0) is 11.2 Å². The van der Waals surface area contributed by atoms with Crippen LogP contribution >= 0.6 is 11.3 Å². The van der Waals surface area contributed by atoms with E-state index in [0.717, 1.165) is 6.42 Å². The predicted molar refractivity (Wildman–Crippen MR) is 74.6 cm³/mol. The van der Waals surface area contributed by atoms with Crippen LogP contribution in [0.15, 0.2) is 28.7 Å². The van der Waals surface area contributed by atoms with E-state index in [-0.39, 0.29) is 11.8 Å². The van der Waals surface area contributed by atoms with Crippen LogP contribution in [0.4, 0.5) is 0 Å². The van der Waals surface area contributed by atoms with E-state index in [2.05, 4.69) is 29.1 Å². The summed E-state index contributed by atoms with van der Waals surface area (Å²) in [5.41, 5.74) is 0. The fourth-order valence-electron chi connectivity index (χ4n) is 1.88. The van der Waals surface area contributed by atoms with Crippen LogP contribution in [0.25, 0.3) is 0 Å². The molecule has 2 aromatic heterocycles. The van der Waals surface area contributed by atoms with Gasteiger partial charge in [-0.15, -0.1) is 11.3 Å². The molecule has 0 aromatic carbocycles. The van der Waals surface area contributed by atoms with Gasteiger partial charge >= 0.3 is 5.97 Å². The molecule has 1 N–H and O–H groups in total. The van der Waals surface area contributed by atoms with Crippen LogP contribution in [0.2, 0.25) is 0 Å². The van der Waals surface area contributed by atoms with Crippen molar-refractivity contribution in [1.29, 1.82) is 0 Å². The summed E-state index contributed by atoms with van der Waals surface area (Å²) in [7, 11) is 3.21. The molecule has 0 aliphatic heterocycles. The van der Waals surface area contributed by atoms with Crippen molar-refractivity contribution >= 4 is 17.3 Å². The number of aryl methyl sites for hydroxylation is 1. The number of carbonyl (C=O) groups excluding carboxylic acids is 1. The molecule has 0 fully saturated rings. The third-order valence-electron chi connectivity index (χ3n) is 2.90. The highest BCUT2D eigenvalue weighted by molar-refractivity contribution is 7.12. The highest BCUT2D eigenvalue weighted by atomic mass is 32.1. The van der Waals surface area contributed by atoms with Crippen molar-refractivity contribution in [2.24, 2.45) is 0 Å². The van der Waals surface area contributed by atoms with Crippen LogP contribution in [0, 0.1) is 0 Å². The van der Waals surface area contributed by atoms with E-state index in [1.165, 1.54) is 16.9 Å². The second-order valence-electron chi connectivity index (χ2n) is 4.07. The number of esters is 1. The highest BCUT2D eigenvalue weighted by Crippen LogP contribution is 2.29. The van der Waals surface area contributed by atoms with Crippen molar-refractivity contribution in [2.75, 3.05) is 14.2 Å².